The van der Waals surface area contributed by atoms with Crippen LogP contribution in [0.1, 0.15) is 42.5 Å². The number of carbonyl (C=O) groups is 1. The number of nitrogens with one attached hydrogen (secondary N) is 2. The van der Waals surface area contributed by atoms with Crippen molar-refractivity contribution >= 4 is 5.91 Å². The molecule has 2 aromatic rings. The number of hydrogen-bond acceptors (Lipinski definition) is 3. The lowest BCUT2D eigenvalue weighted by atomic mass is 9.64. The van der Waals surface area contributed by atoms with E-state index in [0.717, 1.165) is 48.9 Å². The van der Waals surface area contributed by atoms with Gasteiger partial charge in [0.2, 0.25) is 5.91 Å². The highest BCUT2D eigenvalue weighted by Gasteiger charge is 2.40. The van der Waals surface area contributed by atoms with Gasteiger partial charge in [0, 0.05) is 23.6 Å². The second kappa shape index (κ2) is 7.14. The Balaban J connectivity index is 1.42. The molecule has 0 aliphatic heterocycles. The molecule has 1 aromatic carbocycles. The molecule has 0 spiro atoms. The minimum absolute atomic E-state index is 0.000760. The van der Waals surface area contributed by atoms with E-state index in [1.54, 1.807) is 12.3 Å². The SMILES string of the molecule is O=C(NCC1(c2cccc(OC(F)(F)F)c2)CCC1)C1CCc2[nH]ncc2C1. The number of ether oxygens (including phenoxy) is 1. The molecule has 2 N–H and O–H groups in total. The Hall–Kier alpha value is -2.51. The molecule has 1 fully saturated rings. The monoisotopic (exact) mass is 393 g/mol. The van der Waals surface area contributed by atoms with Crippen LogP contribution in [0, 0.1) is 5.92 Å². The molecule has 2 aliphatic carbocycles. The van der Waals surface area contributed by atoms with Gasteiger partial charge in [0.1, 0.15) is 5.75 Å². The van der Waals surface area contributed by atoms with Crippen LogP contribution in [-0.4, -0.2) is 29.0 Å². The summed E-state index contributed by atoms with van der Waals surface area (Å²) in [6.07, 6.45) is 1.94. The number of rotatable bonds is 5. The number of halogens is 3. The maximum Gasteiger partial charge on any atom is 0.573 e. The summed E-state index contributed by atoms with van der Waals surface area (Å²) in [7, 11) is 0. The number of alkyl halides is 3. The molecule has 0 saturated heterocycles. The normalized spacial score (nSPS) is 20.8. The molecule has 0 bridgehead atoms. The molecule has 1 heterocycles. The Morgan fingerprint density at radius 3 is 2.89 bits per heavy atom. The number of benzene rings is 1. The molecule has 1 aromatic heterocycles. The predicted octanol–water partition coefficient (Wildman–Crippen LogP) is 3.65. The van der Waals surface area contributed by atoms with Crippen molar-refractivity contribution in [3.63, 3.8) is 0 Å². The maximum absolute atomic E-state index is 12.7. The van der Waals surface area contributed by atoms with Gasteiger partial charge >= 0.3 is 6.36 Å². The fourth-order valence-corrected chi connectivity index (χ4v) is 4.23. The third-order valence-electron chi connectivity index (χ3n) is 5.98. The van der Waals surface area contributed by atoms with Gasteiger partial charge in [-0.3, -0.25) is 9.89 Å². The van der Waals surface area contributed by atoms with Crippen molar-refractivity contribution in [2.24, 2.45) is 5.92 Å². The smallest absolute Gasteiger partial charge is 0.406 e. The first kappa shape index (κ1) is 18.8. The van der Waals surface area contributed by atoms with Crippen LogP contribution in [-0.2, 0) is 23.1 Å². The van der Waals surface area contributed by atoms with E-state index >= 15 is 0 Å². The fourth-order valence-electron chi connectivity index (χ4n) is 4.23. The molecular formula is C20H22F3N3O2. The zero-order valence-electron chi connectivity index (χ0n) is 15.3. The summed E-state index contributed by atoms with van der Waals surface area (Å²) in [5.41, 5.74) is 2.64. The molecule has 1 unspecified atom stereocenters. The molecular weight excluding hydrogens is 371 g/mol. The predicted molar refractivity (Wildman–Crippen MR) is 95.8 cm³/mol. The molecule has 0 radical (unpaired) electrons. The summed E-state index contributed by atoms with van der Waals surface area (Å²) < 4.78 is 41.6. The standard InChI is InChI=1S/C20H22F3N3O2/c21-20(22,23)28-16-4-1-3-15(10-16)19(7-2-8-19)12-24-18(27)13-5-6-17-14(9-13)11-25-26-17/h1,3-4,10-11,13H,2,5-9,12H2,(H,24,27)(H,25,26). The van der Waals surface area contributed by atoms with Crippen LogP contribution in [0.2, 0.25) is 0 Å². The van der Waals surface area contributed by atoms with Gasteiger partial charge in [0.05, 0.1) is 6.20 Å². The maximum atomic E-state index is 12.7. The van der Waals surface area contributed by atoms with Gasteiger partial charge in [-0.1, -0.05) is 18.6 Å². The highest BCUT2D eigenvalue weighted by Crippen LogP contribution is 2.44. The van der Waals surface area contributed by atoms with Crippen LogP contribution in [0.4, 0.5) is 13.2 Å². The Morgan fingerprint density at radius 1 is 1.36 bits per heavy atom. The Bertz CT molecular complexity index is 858. The summed E-state index contributed by atoms with van der Waals surface area (Å²) in [6, 6.07) is 6.12. The van der Waals surface area contributed by atoms with Crippen LogP contribution in [0.25, 0.3) is 0 Å². The molecule has 8 heteroatoms. The quantitative estimate of drug-likeness (QED) is 0.815. The first-order valence-electron chi connectivity index (χ1n) is 9.50. The van der Waals surface area contributed by atoms with E-state index in [1.807, 2.05) is 6.07 Å². The number of fused-ring (bicyclic) bond motifs is 1. The summed E-state index contributed by atoms with van der Waals surface area (Å²) in [4.78, 5) is 12.7. The zero-order chi connectivity index (χ0) is 19.8. The van der Waals surface area contributed by atoms with Gasteiger partial charge < -0.3 is 10.1 Å². The molecule has 5 nitrogen and oxygen atoms in total. The fraction of sp³-hybridized carbons (Fsp3) is 0.500. The molecule has 4 rings (SSSR count). The average Bonchev–Trinajstić information content (AvgIpc) is 3.07. The lowest BCUT2D eigenvalue weighted by molar-refractivity contribution is -0.274. The molecule has 2 aliphatic rings. The van der Waals surface area contributed by atoms with E-state index in [9.17, 15) is 18.0 Å². The third kappa shape index (κ3) is 3.86. The van der Waals surface area contributed by atoms with Crippen molar-refractivity contribution in [1.29, 1.82) is 0 Å². The van der Waals surface area contributed by atoms with Crippen molar-refractivity contribution in [2.75, 3.05) is 6.54 Å². The number of H-pyrrole nitrogens is 1. The second-order valence-electron chi connectivity index (χ2n) is 7.74. The molecule has 28 heavy (non-hydrogen) atoms. The number of nitrogens with zero attached hydrogens (tertiary/aromatic N) is 1. The number of carbonyl (C=O) groups excluding carboxylic acids is 1. The first-order valence-corrected chi connectivity index (χ1v) is 9.50. The van der Waals surface area contributed by atoms with Gasteiger partial charge in [-0.2, -0.15) is 5.10 Å². The lowest BCUT2D eigenvalue weighted by Crippen LogP contribution is -2.47. The van der Waals surface area contributed by atoms with Gasteiger partial charge in [-0.15, -0.1) is 13.2 Å². The van der Waals surface area contributed by atoms with E-state index in [0.29, 0.717) is 13.0 Å². The number of aromatic nitrogens is 2. The number of hydrogen-bond donors (Lipinski definition) is 2. The summed E-state index contributed by atoms with van der Waals surface area (Å²) >= 11 is 0. The number of amides is 1. The molecule has 1 atom stereocenters. The highest BCUT2D eigenvalue weighted by atomic mass is 19.4. The van der Waals surface area contributed by atoms with Gasteiger partial charge in [0.25, 0.3) is 0 Å². The Kier molecular flexibility index (Phi) is 4.81. The Labute approximate surface area is 160 Å². The van der Waals surface area contributed by atoms with Crippen molar-refractivity contribution in [1.82, 2.24) is 15.5 Å². The minimum atomic E-state index is -4.72. The van der Waals surface area contributed by atoms with E-state index in [-0.39, 0.29) is 23.0 Å². The van der Waals surface area contributed by atoms with Crippen LogP contribution >= 0.6 is 0 Å². The molecule has 1 amide bonds. The van der Waals surface area contributed by atoms with E-state index < -0.39 is 6.36 Å². The third-order valence-corrected chi connectivity index (χ3v) is 5.98. The van der Waals surface area contributed by atoms with Crippen molar-refractivity contribution in [2.45, 2.75) is 50.3 Å². The number of aryl methyl sites for hydroxylation is 1. The topological polar surface area (TPSA) is 67.0 Å². The first-order chi connectivity index (χ1) is 13.3. The van der Waals surface area contributed by atoms with Crippen LogP contribution in [0.15, 0.2) is 30.5 Å². The van der Waals surface area contributed by atoms with Crippen LogP contribution in [0.5, 0.6) is 5.75 Å². The highest BCUT2D eigenvalue weighted by molar-refractivity contribution is 5.79. The van der Waals surface area contributed by atoms with Crippen molar-refractivity contribution in [3.05, 3.63) is 47.3 Å². The summed E-state index contributed by atoms with van der Waals surface area (Å²) in [6.45, 7) is 0.427. The van der Waals surface area contributed by atoms with Crippen LogP contribution < -0.4 is 10.1 Å². The van der Waals surface area contributed by atoms with Gasteiger partial charge in [-0.25, -0.2) is 0 Å². The average molecular weight is 393 g/mol. The van der Waals surface area contributed by atoms with E-state index in [1.165, 1.54) is 12.1 Å². The molecule has 1 saturated carbocycles. The summed E-state index contributed by atoms with van der Waals surface area (Å²) in [5.74, 6) is -0.315. The van der Waals surface area contributed by atoms with E-state index in [2.05, 4.69) is 20.3 Å². The number of aromatic amines is 1. The lowest BCUT2D eigenvalue weighted by Gasteiger charge is -2.43. The van der Waals surface area contributed by atoms with Gasteiger partial charge in [-0.05, 0) is 55.4 Å². The largest absolute Gasteiger partial charge is 0.573 e. The van der Waals surface area contributed by atoms with Crippen LogP contribution in [0.3, 0.4) is 0 Å². The zero-order valence-corrected chi connectivity index (χ0v) is 15.3. The Morgan fingerprint density at radius 2 is 2.18 bits per heavy atom. The minimum Gasteiger partial charge on any atom is -0.406 e. The molecule has 150 valence electrons. The summed E-state index contributed by atoms with van der Waals surface area (Å²) in [5, 5.41) is 10.0. The van der Waals surface area contributed by atoms with Crippen molar-refractivity contribution < 1.29 is 22.7 Å². The second-order valence-corrected chi connectivity index (χ2v) is 7.74. The van der Waals surface area contributed by atoms with Crippen molar-refractivity contribution in [3.8, 4) is 5.75 Å². The van der Waals surface area contributed by atoms with E-state index in [4.69, 9.17) is 0 Å². The van der Waals surface area contributed by atoms with Gasteiger partial charge in [0.15, 0.2) is 0 Å².